The van der Waals surface area contributed by atoms with Crippen LogP contribution < -0.4 is 10.6 Å². The molecule has 0 amide bonds. The van der Waals surface area contributed by atoms with Crippen LogP contribution in [0.4, 0.5) is 28.9 Å². The number of hydrogen-bond acceptors (Lipinski definition) is 2. The Labute approximate surface area is 146 Å². The van der Waals surface area contributed by atoms with Crippen molar-refractivity contribution >= 4 is 11.4 Å². The van der Waals surface area contributed by atoms with Crippen LogP contribution in [0.1, 0.15) is 34.6 Å². The summed E-state index contributed by atoms with van der Waals surface area (Å²) in [5, 5.41) is 5.90. The number of hydrogen-bond donors (Lipinski definition) is 2. The second-order valence-electron chi connectivity index (χ2n) is 6.93. The Morgan fingerprint density at radius 2 is 1.44 bits per heavy atom. The van der Waals surface area contributed by atoms with E-state index in [-0.39, 0.29) is 11.6 Å². The van der Waals surface area contributed by atoms with Gasteiger partial charge in [0, 0.05) is 29.4 Å². The molecule has 0 spiro atoms. The molecule has 138 valence electrons. The number of anilines is 2. The Balaban J connectivity index is 0.000000251. The van der Waals surface area contributed by atoms with Crippen molar-refractivity contribution in [3.8, 4) is 0 Å². The topological polar surface area (TPSA) is 24.1 Å². The van der Waals surface area contributed by atoms with Gasteiger partial charge in [-0.2, -0.15) is 0 Å². The lowest BCUT2D eigenvalue weighted by Gasteiger charge is -2.22. The first-order chi connectivity index (χ1) is 11.5. The second kappa shape index (κ2) is 8.74. The monoisotopic (exact) mass is 356 g/mol. The average Bonchev–Trinajstić information content (AvgIpc) is 2.45. The van der Waals surface area contributed by atoms with Gasteiger partial charge in [0.1, 0.15) is 11.6 Å². The van der Waals surface area contributed by atoms with Gasteiger partial charge >= 0.3 is 0 Å². The van der Waals surface area contributed by atoms with Gasteiger partial charge in [-0.15, -0.1) is 0 Å². The van der Waals surface area contributed by atoms with Crippen LogP contribution in [-0.2, 0) is 0 Å². The summed E-state index contributed by atoms with van der Waals surface area (Å²) in [5.41, 5.74) is 0.705. The Morgan fingerprint density at radius 3 is 1.92 bits per heavy atom. The number of benzene rings is 2. The SMILES string of the molecule is CC(C)(C)Nc1ccc(F)cc1F.CC(C)Nc1ccc(F)c(F)c1. The summed E-state index contributed by atoms with van der Waals surface area (Å²) in [7, 11) is 0. The molecule has 0 saturated carbocycles. The predicted molar refractivity (Wildman–Crippen MR) is 94.9 cm³/mol. The maximum absolute atomic E-state index is 13.1. The molecule has 2 N–H and O–H groups in total. The van der Waals surface area contributed by atoms with Gasteiger partial charge in [0.15, 0.2) is 11.6 Å². The van der Waals surface area contributed by atoms with Crippen molar-refractivity contribution in [2.75, 3.05) is 10.6 Å². The van der Waals surface area contributed by atoms with Crippen molar-refractivity contribution in [3.63, 3.8) is 0 Å². The quantitative estimate of drug-likeness (QED) is 0.663. The van der Waals surface area contributed by atoms with Crippen LogP contribution in [-0.4, -0.2) is 11.6 Å². The number of rotatable bonds is 3. The molecule has 2 nitrogen and oxygen atoms in total. The van der Waals surface area contributed by atoms with E-state index in [1.54, 1.807) is 0 Å². The minimum atomic E-state index is -0.819. The van der Waals surface area contributed by atoms with Gasteiger partial charge in [-0.3, -0.25) is 0 Å². The van der Waals surface area contributed by atoms with Crippen LogP contribution in [0.3, 0.4) is 0 Å². The van der Waals surface area contributed by atoms with Gasteiger partial charge < -0.3 is 10.6 Å². The van der Waals surface area contributed by atoms with E-state index in [9.17, 15) is 17.6 Å². The van der Waals surface area contributed by atoms with E-state index in [4.69, 9.17) is 0 Å². The first-order valence-electron chi connectivity index (χ1n) is 7.93. The molecule has 2 aromatic carbocycles. The smallest absolute Gasteiger partial charge is 0.160 e. The van der Waals surface area contributed by atoms with E-state index in [2.05, 4.69) is 10.6 Å². The summed E-state index contributed by atoms with van der Waals surface area (Å²) in [6.07, 6.45) is 0. The summed E-state index contributed by atoms with van der Waals surface area (Å²) in [6.45, 7) is 9.60. The Morgan fingerprint density at radius 1 is 0.800 bits per heavy atom. The highest BCUT2D eigenvalue weighted by atomic mass is 19.2. The first-order valence-corrected chi connectivity index (χ1v) is 7.93. The van der Waals surface area contributed by atoms with E-state index in [1.807, 2.05) is 34.6 Å². The molecule has 0 aromatic heterocycles. The van der Waals surface area contributed by atoms with Gasteiger partial charge in [-0.25, -0.2) is 17.6 Å². The van der Waals surface area contributed by atoms with Crippen molar-refractivity contribution in [1.82, 2.24) is 0 Å². The van der Waals surface area contributed by atoms with Crippen LogP contribution in [0.25, 0.3) is 0 Å². The predicted octanol–water partition coefficient (Wildman–Crippen LogP) is 5.96. The number of halogens is 4. The molecule has 0 aliphatic carbocycles. The van der Waals surface area contributed by atoms with Crippen molar-refractivity contribution in [2.45, 2.75) is 46.2 Å². The summed E-state index contributed by atoms with van der Waals surface area (Å²) < 4.78 is 50.6. The van der Waals surface area contributed by atoms with Gasteiger partial charge in [0.05, 0.1) is 5.69 Å². The molecule has 2 rings (SSSR count). The summed E-state index contributed by atoms with van der Waals surface area (Å²) in [6, 6.07) is 7.49. The van der Waals surface area contributed by atoms with E-state index < -0.39 is 23.3 Å². The van der Waals surface area contributed by atoms with Crippen LogP contribution in [0.15, 0.2) is 36.4 Å². The minimum Gasteiger partial charge on any atom is -0.383 e. The van der Waals surface area contributed by atoms with Gasteiger partial charge in [0.2, 0.25) is 0 Å². The highest BCUT2D eigenvalue weighted by molar-refractivity contribution is 5.46. The van der Waals surface area contributed by atoms with E-state index >= 15 is 0 Å². The lowest BCUT2D eigenvalue weighted by atomic mass is 10.1. The van der Waals surface area contributed by atoms with E-state index in [0.717, 1.165) is 18.2 Å². The molecule has 0 fully saturated rings. The minimum absolute atomic E-state index is 0.217. The van der Waals surface area contributed by atoms with Gasteiger partial charge in [0.25, 0.3) is 0 Å². The molecule has 6 heteroatoms. The lowest BCUT2D eigenvalue weighted by Crippen LogP contribution is -2.26. The molecule has 0 bridgehead atoms. The summed E-state index contributed by atoms with van der Waals surface area (Å²) in [4.78, 5) is 0. The third-order valence-corrected chi connectivity index (χ3v) is 2.82. The largest absolute Gasteiger partial charge is 0.383 e. The standard InChI is InChI=1S/C10H13F2N.C9H11F2N/c1-10(2,3)13-9-5-4-7(11)6-8(9)12;1-6(2)12-7-3-4-8(10)9(11)5-7/h4-6,13H,1-3H3;3-6,12H,1-2H3. The van der Waals surface area contributed by atoms with Crippen molar-refractivity contribution in [3.05, 3.63) is 59.7 Å². The molecular formula is C19H24F4N2. The zero-order valence-electron chi connectivity index (χ0n) is 15.1. The van der Waals surface area contributed by atoms with Crippen molar-refractivity contribution in [1.29, 1.82) is 0 Å². The van der Waals surface area contributed by atoms with Gasteiger partial charge in [-0.05, 0) is 58.9 Å². The zero-order chi connectivity index (χ0) is 19.2. The molecule has 0 aliphatic rings. The van der Waals surface area contributed by atoms with Crippen molar-refractivity contribution < 1.29 is 17.6 Å². The molecule has 25 heavy (non-hydrogen) atoms. The third-order valence-electron chi connectivity index (χ3n) is 2.82. The normalized spacial score (nSPS) is 11.0. The van der Waals surface area contributed by atoms with E-state index in [1.165, 1.54) is 18.2 Å². The highest BCUT2D eigenvalue weighted by Gasteiger charge is 2.12. The zero-order valence-corrected chi connectivity index (χ0v) is 15.1. The second-order valence-corrected chi connectivity index (χ2v) is 6.93. The van der Waals surface area contributed by atoms with E-state index in [0.29, 0.717) is 11.4 Å². The Bertz CT molecular complexity index is 694. The summed E-state index contributed by atoms with van der Waals surface area (Å²) in [5.74, 6) is -2.75. The third kappa shape index (κ3) is 7.92. The molecular weight excluding hydrogens is 332 g/mol. The number of nitrogens with one attached hydrogen (secondary N) is 2. The lowest BCUT2D eigenvalue weighted by molar-refractivity contribution is 0.509. The fraction of sp³-hybridized carbons (Fsp3) is 0.368. The molecule has 0 saturated heterocycles. The van der Waals surface area contributed by atoms with Crippen LogP contribution in [0.5, 0.6) is 0 Å². The van der Waals surface area contributed by atoms with Crippen LogP contribution >= 0.6 is 0 Å². The fourth-order valence-electron chi connectivity index (χ4n) is 1.91. The molecule has 0 unspecified atom stereocenters. The molecule has 0 aliphatic heterocycles. The molecule has 0 heterocycles. The van der Waals surface area contributed by atoms with Gasteiger partial charge in [-0.1, -0.05) is 0 Å². The summed E-state index contributed by atoms with van der Waals surface area (Å²) >= 11 is 0. The fourth-order valence-corrected chi connectivity index (χ4v) is 1.91. The maximum atomic E-state index is 13.1. The highest BCUT2D eigenvalue weighted by Crippen LogP contribution is 2.19. The van der Waals surface area contributed by atoms with Crippen LogP contribution in [0, 0.1) is 23.3 Å². The maximum Gasteiger partial charge on any atom is 0.160 e. The van der Waals surface area contributed by atoms with Crippen LogP contribution in [0.2, 0.25) is 0 Å². The average molecular weight is 356 g/mol. The Hall–Kier alpha value is -2.24. The molecule has 0 atom stereocenters. The first kappa shape index (κ1) is 20.8. The molecule has 2 aromatic rings. The Kier molecular flexibility index (Phi) is 7.27. The van der Waals surface area contributed by atoms with Crippen molar-refractivity contribution in [2.24, 2.45) is 0 Å². The molecule has 0 radical (unpaired) electrons.